The molecule has 0 unspecified atom stereocenters. The summed E-state index contributed by atoms with van der Waals surface area (Å²) in [5.74, 6) is -8.49. The van der Waals surface area contributed by atoms with Gasteiger partial charge in [-0.25, -0.2) is 4.39 Å². The smallest absolute Gasteiger partial charge is 0.255 e. The van der Waals surface area contributed by atoms with Gasteiger partial charge in [-0.3, -0.25) is 19.3 Å². The monoisotopic (exact) mass is 508 g/mol. The first-order valence-electron chi connectivity index (χ1n) is 11.6. The lowest BCUT2D eigenvalue weighted by atomic mass is 9.55. The van der Waals surface area contributed by atoms with Crippen LogP contribution in [0.2, 0.25) is 0 Å². The van der Waals surface area contributed by atoms with Crippen LogP contribution in [0.4, 0.5) is 4.39 Å². The number of hydrogen-bond acceptors (Lipinski definition) is 8. The van der Waals surface area contributed by atoms with Crippen molar-refractivity contribution in [3.8, 4) is 5.75 Å². The SMILES string of the molecule is CN(C)[C@@H]1C(O)=C(C(N)=O)C(=O)[C@@]2(O)C(O)=C3C(=O)c4c(O)cccc4[C@@H](c4ccc(F)cc4)[C@H]3C[C@@H]12. The lowest BCUT2D eigenvalue weighted by molar-refractivity contribution is -0.148. The van der Waals surface area contributed by atoms with Crippen LogP contribution in [0.15, 0.2) is 65.1 Å². The summed E-state index contributed by atoms with van der Waals surface area (Å²) >= 11 is 0. The molecule has 0 spiro atoms. The Morgan fingerprint density at radius 3 is 2.32 bits per heavy atom. The number of carbonyl (C=O) groups excluding carboxylic acids is 3. The second-order valence-corrected chi connectivity index (χ2v) is 9.94. The van der Waals surface area contributed by atoms with Gasteiger partial charge in [-0.2, -0.15) is 0 Å². The quantitative estimate of drug-likeness (QED) is 0.393. The summed E-state index contributed by atoms with van der Waals surface area (Å²) in [6, 6.07) is 8.95. The number of aromatic hydroxyl groups is 1. The number of primary amides is 1. The van der Waals surface area contributed by atoms with E-state index in [-0.39, 0.29) is 23.3 Å². The summed E-state index contributed by atoms with van der Waals surface area (Å²) in [6.07, 6.45) is -0.0799. The fraction of sp³-hybridized carbons (Fsp3) is 0.296. The number of halogens is 1. The minimum absolute atomic E-state index is 0.0799. The van der Waals surface area contributed by atoms with Crippen LogP contribution in [-0.2, 0) is 9.59 Å². The first kappa shape index (κ1) is 24.7. The summed E-state index contributed by atoms with van der Waals surface area (Å²) in [6.45, 7) is 0. The van der Waals surface area contributed by atoms with Gasteiger partial charge in [0.25, 0.3) is 5.91 Å². The third-order valence-electron chi connectivity index (χ3n) is 7.84. The highest BCUT2D eigenvalue weighted by Gasteiger charge is 2.64. The lowest BCUT2D eigenvalue weighted by Crippen LogP contribution is -2.64. The number of allylic oxidation sites excluding steroid dienone is 1. The second kappa shape index (κ2) is 8.25. The Morgan fingerprint density at radius 2 is 1.73 bits per heavy atom. The molecule has 0 radical (unpaired) electrons. The van der Waals surface area contributed by atoms with E-state index in [9.17, 15) is 39.2 Å². The molecule has 0 saturated carbocycles. The Balaban J connectivity index is 1.82. The summed E-state index contributed by atoms with van der Waals surface area (Å²) in [7, 11) is 3.12. The van der Waals surface area contributed by atoms with Crippen LogP contribution in [0, 0.1) is 17.7 Å². The van der Waals surface area contributed by atoms with Crippen molar-refractivity contribution < 1.29 is 39.2 Å². The Morgan fingerprint density at radius 1 is 1.08 bits per heavy atom. The van der Waals surface area contributed by atoms with Crippen LogP contribution in [0.25, 0.3) is 0 Å². The van der Waals surface area contributed by atoms with Crippen molar-refractivity contribution in [1.29, 1.82) is 0 Å². The number of phenolic OH excluding ortho intramolecular Hbond substituents is 1. The van der Waals surface area contributed by atoms with Crippen LogP contribution in [0.1, 0.15) is 33.8 Å². The molecule has 6 N–H and O–H groups in total. The van der Waals surface area contributed by atoms with Crippen LogP contribution in [0.3, 0.4) is 0 Å². The number of nitrogens with two attached hydrogens (primary N) is 1. The number of carbonyl (C=O) groups is 3. The van der Waals surface area contributed by atoms with Gasteiger partial charge < -0.3 is 26.2 Å². The topological polar surface area (TPSA) is 161 Å². The third-order valence-corrected chi connectivity index (χ3v) is 7.84. The van der Waals surface area contributed by atoms with Crippen LogP contribution in [-0.4, -0.2) is 68.5 Å². The maximum absolute atomic E-state index is 13.8. The highest BCUT2D eigenvalue weighted by atomic mass is 19.1. The van der Waals surface area contributed by atoms with Crippen molar-refractivity contribution in [2.45, 2.75) is 24.0 Å². The first-order valence-corrected chi connectivity index (χ1v) is 11.6. The molecular formula is C27H25FN2O7. The molecule has 37 heavy (non-hydrogen) atoms. The number of nitrogens with zero attached hydrogens (tertiary/aromatic N) is 1. The average molecular weight is 509 g/mol. The van der Waals surface area contributed by atoms with Crippen molar-refractivity contribution >= 4 is 17.5 Å². The molecule has 0 saturated heterocycles. The van der Waals surface area contributed by atoms with Gasteiger partial charge in [-0.15, -0.1) is 0 Å². The van der Waals surface area contributed by atoms with E-state index in [0.717, 1.165) is 0 Å². The van der Waals surface area contributed by atoms with E-state index in [1.165, 1.54) is 35.2 Å². The van der Waals surface area contributed by atoms with E-state index in [0.29, 0.717) is 11.1 Å². The Hall–Kier alpha value is -4.02. The zero-order valence-corrected chi connectivity index (χ0v) is 20.0. The van der Waals surface area contributed by atoms with Crippen molar-refractivity contribution in [3.05, 3.63) is 87.6 Å². The molecule has 10 heteroatoms. The fourth-order valence-electron chi connectivity index (χ4n) is 6.32. The summed E-state index contributed by atoms with van der Waals surface area (Å²) < 4.78 is 13.8. The van der Waals surface area contributed by atoms with Gasteiger partial charge in [0.15, 0.2) is 11.4 Å². The van der Waals surface area contributed by atoms with Crippen molar-refractivity contribution in [1.82, 2.24) is 4.90 Å². The molecule has 1 amide bonds. The Bertz CT molecular complexity index is 1430. The predicted octanol–water partition coefficient (Wildman–Crippen LogP) is 1.85. The number of benzene rings is 2. The number of phenols is 1. The first-order chi connectivity index (χ1) is 17.4. The molecule has 0 heterocycles. The highest BCUT2D eigenvalue weighted by molar-refractivity contribution is 6.24. The van der Waals surface area contributed by atoms with Crippen LogP contribution < -0.4 is 5.73 Å². The van der Waals surface area contributed by atoms with E-state index in [2.05, 4.69) is 0 Å². The van der Waals surface area contributed by atoms with Gasteiger partial charge in [0.05, 0.1) is 11.6 Å². The zero-order valence-electron chi connectivity index (χ0n) is 20.0. The van der Waals surface area contributed by atoms with Crippen molar-refractivity contribution in [3.63, 3.8) is 0 Å². The maximum atomic E-state index is 13.8. The number of aliphatic hydroxyl groups excluding tert-OH is 2. The Labute approximate surface area is 210 Å². The number of hydrogen-bond donors (Lipinski definition) is 5. The molecule has 3 aliphatic rings. The summed E-state index contributed by atoms with van der Waals surface area (Å²) in [4.78, 5) is 40.7. The summed E-state index contributed by atoms with van der Waals surface area (Å²) in [5, 5.41) is 44.7. The van der Waals surface area contributed by atoms with Gasteiger partial charge in [-0.1, -0.05) is 24.3 Å². The van der Waals surface area contributed by atoms with Crippen molar-refractivity contribution in [2.24, 2.45) is 17.6 Å². The Kier molecular flexibility index (Phi) is 5.50. The normalized spacial score (nSPS) is 29.2. The maximum Gasteiger partial charge on any atom is 0.255 e. The van der Waals surface area contributed by atoms with E-state index in [4.69, 9.17) is 5.73 Å². The molecule has 5 atom stereocenters. The van der Waals surface area contributed by atoms with Crippen LogP contribution in [0.5, 0.6) is 5.75 Å². The van der Waals surface area contributed by atoms with Gasteiger partial charge in [0.1, 0.15) is 28.7 Å². The fourth-order valence-corrected chi connectivity index (χ4v) is 6.32. The number of rotatable bonds is 3. The molecule has 192 valence electrons. The molecule has 0 bridgehead atoms. The van der Waals surface area contributed by atoms with Gasteiger partial charge in [-0.05, 0) is 49.8 Å². The standard InChI is InChI=1S/C27H25FN2O7/c1-30(2)21-15-10-14-17(11-6-8-12(28)9-7-11)13-4-3-5-16(31)18(13)22(32)19(14)24(34)27(15,37)25(35)20(23(21)33)26(29)36/h3-9,14-15,17,21,31,33-34,37H,10H2,1-2H3,(H2,29,36)/t14-,15+,17-,21+,27+/m1/s1. The number of Topliss-reactive ketones (excluding diaryl/α,β-unsaturated/α-hetero) is 2. The predicted molar refractivity (Wildman–Crippen MR) is 128 cm³/mol. The van der Waals surface area contributed by atoms with Gasteiger partial charge in [0.2, 0.25) is 5.78 Å². The van der Waals surface area contributed by atoms with Crippen molar-refractivity contribution in [2.75, 3.05) is 14.1 Å². The van der Waals surface area contributed by atoms with Gasteiger partial charge >= 0.3 is 0 Å². The van der Waals surface area contributed by atoms with E-state index in [1.807, 2.05) is 0 Å². The molecule has 0 aromatic heterocycles. The third kappa shape index (κ3) is 3.25. The number of ketones is 2. The number of fused-ring (bicyclic) bond motifs is 3. The minimum atomic E-state index is -2.73. The molecule has 5 rings (SSSR count). The average Bonchev–Trinajstić information content (AvgIpc) is 2.82. The molecular weight excluding hydrogens is 483 g/mol. The molecule has 0 aliphatic heterocycles. The summed E-state index contributed by atoms with van der Waals surface area (Å²) in [5.41, 5.74) is 2.36. The van der Waals surface area contributed by atoms with Crippen LogP contribution >= 0.6 is 0 Å². The number of amides is 1. The second-order valence-electron chi connectivity index (χ2n) is 9.94. The van der Waals surface area contributed by atoms with Gasteiger partial charge in [0, 0.05) is 23.3 Å². The lowest BCUT2D eigenvalue weighted by Gasteiger charge is -2.51. The minimum Gasteiger partial charge on any atom is -0.510 e. The van der Waals surface area contributed by atoms with E-state index < -0.39 is 69.8 Å². The number of likely N-dealkylation sites (N-methyl/N-ethyl adjacent to an activating group) is 1. The zero-order chi connectivity index (χ0) is 27.0. The van der Waals surface area contributed by atoms with E-state index >= 15 is 0 Å². The van der Waals surface area contributed by atoms with E-state index in [1.54, 1.807) is 26.2 Å². The molecule has 2 aromatic carbocycles. The molecule has 2 aromatic rings. The number of aliphatic hydroxyl groups is 3. The molecule has 3 aliphatic carbocycles. The molecule has 0 fully saturated rings. The largest absolute Gasteiger partial charge is 0.510 e. The molecule has 9 nitrogen and oxygen atoms in total. The highest BCUT2D eigenvalue weighted by Crippen LogP contribution is 2.56.